The second kappa shape index (κ2) is 10.7. The maximum Gasteiger partial charge on any atom is 0.356 e. The lowest BCUT2D eigenvalue weighted by Crippen LogP contribution is -2.42. The Kier molecular flexibility index (Phi) is 8.19. The number of halogens is 1. The van der Waals surface area contributed by atoms with E-state index in [1.165, 1.54) is 19.2 Å². The molecule has 3 rings (SSSR count). The van der Waals surface area contributed by atoms with Crippen LogP contribution in [-0.4, -0.2) is 38.9 Å². The van der Waals surface area contributed by atoms with Crippen LogP contribution < -0.4 is 0 Å². The minimum Gasteiger partial charge on any atom is -0.465 e. The van der Waals surface area contributed by atoms with Crippen LogP contribution in [0, 0.1) is 6.92 Å². The molecule has 9 heteroatoms. The summed E-state index contributed by atoms with van der Waals surface area (Å²) in [7, 11) is -1.95. The van der Waals surface area contributed by atoms with Crippen LogP contribution in [0.4, 0.5) is 0 Å². The highest BCUT2D eigenvalue weighted by Crippen LogP contribution is 2.48. The van der Waals surface area contributed by atoms with Crippen LogP contribution in [0.3, 0.4) is 0 Å². The molecule has 1 aliphatic rings. The van der Waals surface area contributed by atoms with Crippen LogP contribution in [-0.2, 0) is 29.1 Å². The first-order chi connectivity index (χ1) is 16.2. The molecular weight excluding hydrogens is 569 g/mol. The van der Waals surface area contributed by atoms with E-state index < -0.39 is 28.0 Å². The quantitative estimate of drug-likeness (QED) is 0.337. The summed E-state index contributed by atoms with van der Waals surface area (Å²) in [6, 6.07) is 14.5. The number of esters is 2. The molecule has 0 saturated carbocycles. The molecule has 1 heterocycles. The predicted molar refractivity (Wildman–Crippen MR) is 136 cm³/mol. The predicted octanol–water partition coefficient (Wildman–Crippen LogP) is 4.83. The van der Waals surface area contributed by atoms with Crippen molar-refractivity contribution >= 4 is 44.6 Å². The summed E-state index contributed by atoms with van der Waals surface area (Å²) in [6.45, 7) is 3.79. The molecule has 0 spiro atoms. The lowest BCUT2D eigenvalue weighted by Gasteiger charge is -2.39. The van der Waals surface area contributed by atoms with E-state index in [0.29, 0.717) is 27.6 Å². The Morgan fingerprint density at radius 1 is 0.971 bits per heavy atom. The third kappa shape index (κ3) is 4.76. The highest BCUT2D eigenvalue weighted by molar-refractivity contribution is 14.1. The summed E-state index contributed by atoms with van der Waals surface area (Å²) in [6.07, 6.45) is 1.12. The van der Waals surface area contributed by atoms with Crippen LogP contribution in [0.25, 0.3) is 0 Å². The highest BCUT2D eigenvalue weighted by atomic mass is 127. The Balaban J connectivity index is 2.45. The molecule has 0 aromatic heterocycles. The monoisotopic (exact) mass is 595 g/mol. The van der Waals surface area contributed by atoms with Crippen LogP contribution in [0.1, 0.15) is 36.9 Å². The first kappa shape index (κ1) is 26.0. The number of benzene rings is 2. The van der Waals surface area contributed by atoms with Gasteiger partial charge in [-0.1, -0.05) is 61.4 Å². The molecule has 2 aromatic carbocycles. The third-order valence-electron chi connectivity index (χ3n) is 5.48. The average molecular weight is 595 g/mol. The molecule has 0 fully saturated rings. The fourth-order valence-electron chi connectivity index (χ4n) is 3.87. The van der Waals surface area contributed by atoms with Crippen molar-refractivity contribution in [3.8, 4) is 0 Å². The minimum atomic E-state index is -4.30. The van der Waals surface area contributed by atoms with Gasteiger partial charge in [0.15, 0.2) is 5.70 Å². The van der Waals surface area contributed by atoms with E-state index in [2.05, 4.69) is 22.6 Å². The Morgan fingerprint density at radius 2 is 1.56 bits per heavy atom. The molecule has 2 aromatic rings. The van der Waals surface area contributed by atoms with Crippen LogP contribution in [0.2, 0.25) is 0 Å². The molecular formula is C25H26INO6S. The first-order valence-corrected chi connectivity index (χ1v) is 13.2. The zero-order valence-corrected chi connectivity index (χ0v) is 22.3. The van der Waals surface area contributed by atoms with Crippen molar-refractivity contribution in [3.05, 3.63) is 86.1 Å². The average Bonchev–Trinajstić information content (AvgIpc) is 2.84. The molecule has 1 aliphatic heterocycles. The largest absolute Gasteiger partial charge is 0.465 e. The molecule has 0 radical (unpaired) electrons. The van der Waals surface area contributed by atoms with Gasteiger partial charge in [0.25, 0.3) is 10.0 Å². The van der Waals surface area contributed by atoms with E-state index in [9.17, 15) is 18.0 Å². The van der Waals surface area contributed by atoms with Gasteiger partial charge in [0.05, 0.1) is 24.7 Å². The molecule has 34 heavy (non-hydrogen) atoms. The molecule has 1 unspecified atom stereocenters. The summed E-state index contributed by atoms with van der Waals surface area (Å²) < 4.78 is 39.8. The number of nitrogens with zero attached hydrogens (tertiary/aromatic N) is 1. The van der Waals surface area contributed by atoms with E-state index in [-0.39, 0.29) is 16.2 Å². The SMILES string of the molecule is CCCC1=C(I)C(c2ccccc2)N(S(=O)(=O)c2ccc(C)cc2)C(C(=O)OC)=C1C(=O)OC. The molecule has 0 N–H and O–H groups in total. The van der Waals surface area contributed by atoms with Gasteiger partial charge in [-0.25, -0.2) is 22.3 Å². The minimum absolute atomic E-state index is 0.00667. The van der Waals surface area contributed by atoms with Crippen molar-refractivity contribution in [1.29, 1.82) is 0 Å². The Hall–Kier alpha value is -2.66. The zero-order chi connectivity index (χ0) is 25.0. The van der Waals surface area contributed by atoms with E-state index in [1.807, 2.05) is 19.9 Å². The lowest BCUT2D eigenvalue weighted by atomic mass is 9.90. The van der Waals surface area contributed by atoms with Crippen LogP contribution in [0.5, 0.6) is 0 Å². The second-order valence-corrected chi connectivity index (χ2v) is 10.7. The Bertz CT molecular complexity index is 1250. The molecule has 1 atom stereocenters. The third-order valence-corrected chi connectivity index (χ3v) is 8.50. The summed E-state index contributed by atoms with van der Waals surface area (Å²) in [5.74, 6) is -1.73. The van der Waals surface area contributed by atoms with E-state index in [0.717, 1.165) is 17.0 Å². The van der Waals surface area contributed by atoms with Gasteiger partial charge in [0.1, 0.15) is 6.04 Å². The topological polar surface area (TPSA) is 90.0 Å². The number of hydrogen-bond acceptors (Lipinski definition) is 6. The second-order valence-electron chi connectivity index (χ2n) is 7.71. The van der Waals surface area contributed by atoms with Crippen LogP contribution >= 0.6 is 22.6 Å². The molecule has 180 valence electrons. The standard InChI is InChI=1S/C25H26INO6S/c1-5-9-19-20(24(28)32-3)23(25(29)33-4)27(22(21(19)26)17-10-7-6-8-11-17)34(30,31)18-14-12-16(2)13-15-18/h6-8,10-15,22H,5,9H2,1-4H3. The van der Waals surface area contributed by atoms with Gasteiger partial charge < -0.3 is 9.47 Å². The van der Waals surface area contributed by atoms with Gasteiger partial charge in [-0.05, 0) is 59.2 Å². The van der Waals surface area contributed by atoms with E-state index in [4.69, 9.17) is 9.47 Å². The fourth-order valence-corrected chi connectivity index (χ4v) is 6.86. The number of carbonyl (C=O) groups excluding carboxylic acids is 2. The normalized spacial score (nSPS) is 16.5. The van der Waals surface area contributed by atoms with Gasteiger partial charge in [0.2, 0.25) is 0 Å². The van der Waals surface area contributed by atoms with Gasteiger partial charge in [0, 0.05) is 3.58 Å². The van der Waals surface area contributed by atoms with Crippen molar-refractivity contribution in [3.63, 3.8) is 0 Å². The number of ether oxygens (including phenoxy) is 2. The van der Waals surface area contributed by atoms with Crippen molar-refractivity contribution in [1.82, 2.24) is 4.31 Å². The number of sulfonamides is 1. The number of methoxy groups -OCH3 is 2. The lowest BCUT2D eigenvalue weighted by molar-refractivity contribution is -0.140. The van der Waals surface area contributed by atoms with Gasteiger partial charge in [-0.2, -0.15) is 0 Å². The van der Waals surface area contributed by atoms with Gasteiger partial charge in [-0.3, -0.25) is 0 Å². The molecule has 0 saturated heterocycles. The van der Waals surface area contributed by atoms with Crippen molar-refractivity contribution in [2.75, 3.05) is 14.2 Å². The van der Waals surface area contributed by atoms with Crippen molar-refractivity contribution in [2.45, 2.75) is 37.6 Å². The summed E-state index contributed by atoms with van der Waals surface area (Å²) in [5.41, 5.74) is 1.66. The number of hydrogen-bond donors (Lipinski definition) is 0. The van der Waals surface area contributed by atoms with Gasteiger partial charge >= 0.3 is 11.9 Å². The number of carbonyl (C=O) groups is 2. The van der Waals surface area contributed by atoms with E-state index in [1.54, 1.807) is 36.4 Å². The summed E-state index contributed by atoms with van der Waals surface area (Å²) in [4.78, 5) is 26.1. The molecule has 0 amide bonds. The van der Waals surface area contributed by atoms with Crippen LogP contribution in [0.15, 0.2) is 79.9 Å². The Morgan fingerprint density at radius 3 is 2.09 bits per heavy atom. The number of aryl methyl sites for hydroxylation is 1. The zero-order valence-electron chi connectivity index (χ0n) is 19.4. The molecule has 0 aliphatic carbocycles. The van der Waals surface area contributed by atoms with Crippen molar-refractivity contribution in [2.24, 2.45) is 0 Å². The fraction of sp³-hybridized carbons (Fsp3) is 0.280. The highest BCUT2D eigenvalue weighted by Gasteiger charge is 2.46. The molecule has 0 bridgehead atoms. The summed E-state index contributed by atoms with van der Waals surface area (Å²) >= 11 is 2.08. The van der Waals surface area contributed by atoms with Crippen molar-refractivity contribution < 1.29 is 27.5 Å². The molecule has 7 nitrogen and oxygen atoms in total. The van der Waals surface area contributed by atoms with E-state index >= 15 is 0 Å². The van der Waals surface area contributed by atoms with Gasteiger partial charge in [-0.15, -0.1) is 0 Å². The maximum atomic E-state index is 14.1. The first-order valence-electron chi connectivity index (χ1n) is 10.6. The summed E-state index contributed by atoms with van der Waals surface area (Å²) in [5, 5.41) is 0. The number of rotatable bonds is 7. The maximum absolute atomic E-state index is 14.1. The smallest absolute Gasteiger partial charge is 0.356 e. The Labute approximate surface area is 213 Å².